The molecule has 2 aromatic rings. The van der Waals surface area contributed by atoms with Crippen LogP contribution in [0.15, 0.2) is 36.7 Å². The van der Waals surface area contributed by atoms with Gasteiger partial charge < -0.3 is 10.1 Å². The zero-order valence-corrected chi connectivity index (χ0v) is 10.5. The third kappa shape index (κ3) is 4.18. The van der Waals surface area contributed by atoms with Crippen molar-refractivity contribution in [2.24, 2.45) is 7.05 Å². The number of rotatable bonds is 7. The van der Waals surface area contributed by atoms with Gasteiger partial charge in [-0.3, -0.25) is 4.68 Å². The summed E-state index contributed by atoms with van der Waals surface area (Å²) < 4.78 is 7.28. The van der Waals surface area contributed by atoms with Gasteiger partial charge in [0.05, 0.1) is 0 Å². The van der Waals surface area contributed by atoms with Gasteiger partial charge in [-0.25, -0.2) is 4.98 Å². The summed E-state index contributed by atoms with van der Waals surface area (Å²) in [7, 11) is 1.87. The van der Waals surface area contributed by atoms with E-state index in [0.29, 0.717) is 6.61 Å². The predicted octanol–water partition coefficient (Wildman–Crippen LogP) is 1.03. The Morgan fingerprint density at radius 2 is 2.06 bits per heavy atom. The highest BCUT2D eigenvalue weighted by Crippen LogP contribution is 2.07. The molecule has 1 N–H and O–H groups in total. The van der Waals surface area contributed by atoms with E-state index in [0.717, 1.165) is 31.1 Å². The van der Waals surface area contributed by atoms with E-state index in [1.807, 2.05) is 37.4 Å². The quantitative estimate of drug-likeness (QED) is 0.741. The van der Waals surface area contributed by atoms with Crippen molar-refractivity contribution < 1.29 is 4.74 Å². The van der Waals surface area contributed by atoms with E-state index < -0.39 is 0 Å². The van der Waals surface area contributed by atoms with Crippen LogP contribution in [0, 0.1) is 0 Å². The topological polar surface area (TPSA) is 52.0 Å². The molecule has 96 valence electrons. The van der Waals surface area contributed by atoms with Crippen molar-refractivity contribution in [3.05, 3.63) is 42.5 Å². The Labute approximate surface area is 107 Å². The van der Waals surface area contributed by atoms with E-state index in [1.165, 1.54) is 0 Å². The summed E-state index contributed by atoms with van der Waals surface area (Å²) in [5.41, 5.74) is 0. The molecule has 0 aliphatic heterocycles. The van der Waals surface area contributed by atoms with Crippen LogP contribution in [-0.4, -0.2) is 34.5 Å². The van der Waals surface area contributed by atoms with Gasteiger partial charge in [0.15, 0.2) is 5.82 Å². The number of hydrogen-bond acceptors (Lipinski definition) is 4. The molecule has 0 bridgehead atoms. The van der Waals surface area contributed by atoms with Gasteiger partial charge in [-0.05, 0) is 12.1 Å². The highest BCUT2D eigenvalue weighted by Gasteiger charge is 1.97. The molecule has 0 saturated heterocycles. The molecule has 0 fully saturated rings. The van der Waals surface area contributed by atoms with Gasteiger partial charge in [-0.1, -0.05) is 18.2 Å². The second kappa shape index (κ2) is 6.76. The number of nitrogens with zero attached hydrogens (tertiary/aromatic N) is 3. The van der Waals surface area contributed by atoms with E-state index in [1.54, 1.807) is 11.0 Å². The highest BCUT2D eigenvalue weighted by molar-refractivity contribution is 5.20. The fourth-order valence-corrected chi connectivity index (χ4v) is 1.58. The van der Waals surface area contributed by atoms with Crippen LogP contribution in [0.4, 0.5) is 0 Å². The summed E-state index contributed by atoms with van der Waals surface area (Å²) in [6.07, 6.45) is 2.56. The van der Waals surface area contributed by atoms with Gasteiger partial charge in [-0.2, -0.15) is 5.10 Å². The van der Waals surface area contributed by atoms with Crippen LogP contribution in [0.25, 0.3) is 0 Å². The molecular weight excluding hydrogens is 228 g/mol. The average Bonchev–Trinajstić information content (AvgIpc) is 2.81. The van der Waals surface area contributed by atoms with Gasteiger partial charge in [0.25, 0.3) is 0 Å². The maximum atomic E-state index is 5.56. The Balaban J connectivity index is 1.54. The first-order chi connectivity index (χ1) is 8.84. The second-order valence-electron chi connectivity index (χ2n) is 4.00. The van der Waals surface area contributed by atoms with Crippen LogP contribution in [0.2, 0.25) is 0 Å². The first-order valence-electron chi connectivity index (χ1n) is 6.07. The van der Waals surface area contributed by atoms with Gasteiger partial charge in [0.1, 0.15) is 18.7 Å². The SMILES string of the molecule is Cn1cnc(CCNCCOc2ccccc2)n1. The molecule has 2 rings (SSSR count). The number of para-hydroxylation sites is 1. The molecular formula is C13H18N4O. The monoisotopic (exact) mass is 246 g/mol. The van der Waals surface area contributed by atoms with E-state index in [9.17, 15) is 0 Å². The Morgan fingerprint density at radius 3 is 2.78 bits per heavy atom. The molecule has 0 spiro atoms. The third-order valence-corrected chi connectivity index (χ3v) is 2.46. The van der Waals surface area contributed by atoms with Crippen LogP contribution in [-0.2, 0) is 13.5 Å². The van der Waals surface area contributed by atoms with E-state index in [2.05, 4.69) is 15.4 Å². The summed E-state index contributed by atoms with van der Waals surface area (Å²) in [5.74, 6) is 1.78. The van der Waals surface area contributed by atoms with Crippen LogP contribution in [0.3, 0.4) is 0 Å². The number of nitrogens with one attached hydrogen (secondary N) is 1. The summed E-state index contributed by atoms with van der Waals surface area (Å²) in [6, 6.07) is 9.82. The largest absolute Gasteiger partial charge is 0.492 e. The lowest BCUT2D eigenvalue weighted by Gasteiger charge is -2.06. The molecule has 18 heavy (non-hydrogen) atoms. The summed E-state index contributed by atoms with van der Waals surface area (Å²) in [5, 5.41) is 7.51. The standard InChI is InChI=1S/C13H18N4O/c1-17-11-15-13(16-17)7-8-14-9-10-18-12-5-3-2-4-6-12/h2-6,11,14H,7-10H2,1H3. The van der Waals surface area contributed by atoms with Gasteiger partial charge in [0, 0.05) is 26.6 Å². The van der Waals surface area contributed by atoms with Crippen molar-refractivity contribution in [2.45, 2.75) is 6.42 Å². The molecule has 0 amide bonds. The predicted molar refractivity (Wildman–Crippen MR) is 69.5 cm³/mol. The van der Waals surface area contributed by atoms with Crippen LogP contribution < -0.4 is 10.1 Å². The first-order valence-corrected chi connectivity index (χ1v) is 6.07. The van der Waals surface area contributed by atoms with Crippen molar-refractivity contribution in [3.63, 3.8) is 0 Å². The van der Waals surface area contributed by atoms with Crippen molar-refractivity contribution in [1.29, 1.82) is 0 Å². The fraction of sp³-hybridized carbons (Fsp3) is 0.385. The minimum atomic E-state index is 0.666. The zero-order chi connectivity index (χ0) is 12.6. The maximum Gasteiger partial charge on any atom is 0.151 e. The van der Waals surface area contributed by atoms with Crippen LogP contribution in [0.5, 0.6) is 5.75 Å². The molecule has 0 atom stereocenters. The summed E-state index contributed by atoms with van der Waals surface area (Å²) >= 11 is 0. The van der Waals surface area contributed by atoms with Crippen molar-refractivity contribution in [3.8, 4) is 5.75 Å². The average molecular weight is 246 g/mol. The Morgan fingerprint density at radius 1 is 1.22 bits per heavy atom. The van der Waals surface area contributed by atoms with Crippen LogP contribution >= 0.6 is 0 Å². The molecule has 0 aliphatic rings. The van der Waals surface area contributed by atoms with E-state index >= 15 is 0 Å². The molecule has 0 aliphatic carbocycles. The lowest BCUT2D eigenvalue weighted by molar-refractivity contribution is 0.314. The third-order valence-electron chi connectivity index (χ3n) is 2.46. The lowest BCUT2D eigenvalue weighted by Crippen LogP contribution is -2.23. The molecule has 1 aromatic carbocycles. The first kappa shape index (κ1) is 12.6. The minimum Gasteiger partial charge on any atom is -0.492 e. The zero-order valence-electron chi connectivity index (χ0n) is 10.5. The van der Waals surface area contributed by atoms with Gasteiger partial charge >= 0.3 is 0 Å². The molecule has 1 heterocycles. The second-order valence-corrected chi connectivity index (χ2v) is 4.00. The number of hydrogen-bond donors (Lipinski definition) is 1. The van der Waals surface area contributed by atoms with E-state index in [4.69, 9.17) is 4.74 Å². The summed E-state index contributed by atoms with van der Waals surface area (Å²) in [4.78, 5) is 4.16. The van der Waals surface area contributed by atoms with E-state index in [-0.39, 0.29) is 0 Å². The summed E-state index contributed by atoms with van der Waals surface area (Å²) in [6.45, 7) is 2.35. The van der Waals surface area contributed by atoms with Crippen molar-refractivity contribution in [1.82, 2.24) is 20.1 Å². The molecule has 5 nitrogen and oxygen atoms in total. The van der Waals surface area contributed by atoms with Crippen molar-refractivity contribution in [2.75, 3.05) is 19.7 Å². The number of aromatic nitrogens is 3. The Hall–Kier alpha value is -1.88. The molecule has 0 unspecified atom stereocenters. The van der Waals surface area contributed by atoms with Gasteiger partial charge in [-0.15, -0.1) is 0 Å². The smallest absolute Gasteiger partial charge is 0.151 e. The minimum absolute atomic E-state index is 0.666. The lowest BCUT2D eigenvalue weighted by atomic mass is 10.3. The Bertz CT molecular complexity index is 455. The Kier molecular flexibility index (Phi) is 4.72. The van der Waals surface area contributed by atoms with Crippen molar-refractivity contribution >= 4 is 0 Å². The van der Waals surface area contributed by atoms with Crippen LogP contribution in [0.1, 0.15) is 5.82 Å². The highest BCUT2D eigenvalue weighted by atomic mass is 16.5. The number of ether oxygens (including phenoxy) is 1. The van der Waals surface area contributed by atoms with Gasteiger partial charge in [0.2, 0.25) is 0 Å². The molecule has 0 saturated carbocycles. The normalized spacial score (nSPS) is 10.5. The molecule has 0 radical (unpaired) electrons. The number of benzene rings is 1. The number of aryl methyl sites for hydroxylation is 1. The maximum absolute atomic E-state index is 5.56. The fourth-order valence-electron chi connectivity index (χ4n) is 1.58. The molecule has 5 heteroatoms. The molecule has 1 aromatic heterocycles.